The summed E-state index contributed by atoms with van der Waals surface area (Å²) >= 11 is 6.40. The summed E-state index contributed by atoms with van der Waals surface area (Å²) in [5.41, 5.74) is 4.73. The minimum absolute atomic E-state index is 0.0544. The van der Waals surface area contributed by atoms with Crippen molar-refractivity contribution in [2.45, 2.75) is 13.8 Å². The summed E-state index contributed by atoms with van der Waals surface area (Å²) in [6, 6.07) is 9.77. The first-order valence-corrected chi connectivity index (χ1v) is 6.77. The zero-order valence-corrected chi connectivity index (χ0v) is 12.0. The molecule has 0 saturated carbocycles. The standard InChI is InChI=1S/C16H14ClNO2/c1-9-4-3-5-12(15(9)17)11-6-7-13-16(10(11)2)20-8-14(19)18-13/h3-7H,8H2,1-2H3,(H,18,19). The van der Waals surface area contributed by atoms with Gasteiger partial charge in [-0.1, -0.05) is 35.9 Å². The highest BCUT2D eigenvalue weighted by atomic mass is 35.5. The monoisotopic (exact) mass is 287 g/mol. The zero-order chi connectivity index (χ0) is 14.3. The molecule has 0 spiro atoms. The van der Waals surface area contributed by atoms with Gasteiger partial charge in [-0.25, -0.2) is 0 Å². The molecule has 4 heteroatoms. The fraction of sp³-hybridized carbons (Fsp3) is 0.188. The van der Waals surface area contributed by atoms with E-state index < -0.39 is 0 Å². The molecule has 102 valence electrons. The van der Waals surface area contributed by atoms with Gasteiger partial charge in [-0.3, -0.25) is 4.79 Å². The maximum atomic E-state index is 11.3. The highest BCUT2D eigenvalue weighted by Crippen LogP contribution is 2.40. The Balaban J connectivity index is 2.17. The lowest BCUT2D eigenvalue weighted by Gasteiger charge is -2.22. The highest BCUT2D eigenvalue weighted by Gasteiger charge is 2.20. The second-order valence-corrected chi connectivity index (χ2v) is 5.27. The molecule has 20 heavy (non-hydrogen) atoms. The summed E-state index contributed by atoms with van der Waals surface area (Å²) in [5.74, 6) is 0.595. The van der Waals surface area contributed by atoms with E-state index in [0.717, 1.165) is 33.0 Å². The summed E-state index contributed by atoms with van der Waals surface area (Å²) in [7, 11) is 0. The molecular weight excluding hydrogens is 274 g/mol. The minimum Gasteiger partial charge on any atom is -0.481 e. The molecule has 0 aliphatic carbocycles. The largest absolute Gasteiger partial charge is 0.481 e. The summed E-state index contributed by atoms with van der Waals surface area (Å²) in [5, 5.41) is 3.55. The quantitative estimate of drug-likeness (QED) is 0.862. The van der Waals surface area contributed by atoms with Crippen molar-refractivity contribution in [2.24, 2.45) is 0 Å². The van der Waals surface area contributed by atoms with Crippen LogP contribution in [0.25, 0.3) is 11.1 Å². The van der Waals surface area contributed by atoms with Crippen LogP contribution in [0.1, 0.15) is 11.1 Å². The Bertz CT molecular complexity index is 710. The van der Waals surface area contributed by atoms with Gasteiger partial charge in [0, 0.05) is 11.1 Å². The number of aryl methyl sites for hydroxylation is 1. The SMILES string of the molecule is Cc1cccc(-c2ccc3c(c2C)OCC(=O)N3)c1Cl. The first-order valence-electron chi connectivity index (χ1n) is 6.39. The van der Waals surface area contributed by atoms with Gasteiger partial charge in [0.25, 0.3) is 5.91 Å². The number of rotatable bonds is 1. The van der Waals surface area contributed by atoms with Crippen LogP contribution < -0.4 is 10.1 Å². The predicted octanol–water partition coefficient (Wildman–Crippen LogP) is 3.95. The number of carbonyl (C=O) groups is 1. The number of benzene rings is 2. The van der Waals surface area contributed by atoms with Crippen molar-refractivity contribution in [3.05, 3.63) is 46.5 Å². The number of nitrogens with one attached hydrogen (secondary N) is 1. The van der Waals surface area contributed by atoms with Gasteiger partial charge in [0.15, 0.2) is 6.61 Å². The molecule has 1 N–H and O–H groups in total. The number of fused-ring (bicyclic) bond motifs is 1. The summed E-state index contributed by atoms with van der Waals surface area (Å²) in [6.07, 6.45) is 0. The molecule has 1 heterocycles. The van der Waals surface area contributed by atoms with E-state index in [1.807, 2.05) is 44.2 Å². The smallest absolute Gasteiger partial charge is 0.262 e. The van der Waals surface area contributed by atoms with Crippen molar-refractivity contribution in [3.63, 3.8) is 0 Å². The first kappa shape index (κ1) is 13.0. The average molecular weight is 288 g/mol. The maximum Gasteiger partial charge on any atom is 0.262 e. The molecule has 0 unspecified atom stereocenters. The topological polar surface area (TPSA) is 38.3 Å². The van der Waals surface area contributed by atoms with Gasteiger partial charge in [-0.2, -0.15) is 0 Å². The van der Waals surface area contributed by atoms with Crippen LogP contribution >= 0.6 is 11.6 Å². The third kappa shape index (κ3) is 2.04. The number of anilines is 1. The van der Waals surface area contributed by atoms with Gasteiger partial charge in [-0.05, 0) is 31.0 Å². The molecule has 0 bridgehead atoms. The lowest BCUT2D eigenvalue weighted by atomic mass is 9.97. The molecule has 0 radical (unpaired) electrons. The van der Waals surface area contributed by atoms with Gasteiger partial charge in [0.1, 0.15) is 5.75 Å². The molecule has 3 rings (SSSR count). The van der Waals surface area contributed by atoms with Crippen LogP contribution in [0.4, 0.5) is 5.69 Å². The van der Waals surface area contributed by atoms with Gasteiger partial charge in [-0.15, -0.1) is 0 Å². The normalized spacial score (nSPS) is 13.4. The van der Waals surface area contributed by atoms with Crippen LogP contribution in [0.15, 0.2) is 30.3 Å². The van der Waals surface area contributed by atoms with Crippen LogP contribution in [0.2, 0.25) is 5.02 Å². The van der Waals surface area contributed by atoms with E-state index in [4.69, 9.17) is 16.3 Å². The second kappa shape index (κ2) is 4.84. The second-order valence-electron chi connectivity index (χ2n) is 4.89. The molecule has 1 amide bonds. The van der Waals surface area contributed by atoms with Crippen molar-refractivity contribution in [2.75, 3.05) is 11.9 Å². The van der Waals surface area contributed by atoms with Crippen LogP contribution in [0.3, 0.4) is 0 Å². The Morgan fingerprint density at radius 3 is 2.75 bits per heavy atom. The predicted molar refractivity (Wildman–Crippen MR) is 80.5 cm³/mol. The fourth-order valence-electron chi connectivity index (χ4n) is 2.45. The number of hydrogen-bond acceptors (Lipinski definition) is 2. The van der Waals surface area contributed by atoms with E-state index in [0.29, 0.717) is 5.69 Å². The molecular formula is C16H14ClNO2. The van der Waals surface area contributed by atoms with Crippen LogP contribution in [-0.2, 0) is 4.79 Å². The van der Waals surface area contributed by atoms with Gasteiger partial charge < -0.3 is 10.1 Å². The van der Waals surface area contributed by atoms with Crippen LogP contribution in [0, 0.1) is 13.8 Å². The van der Waals surface area contributed by atoms with Crippen LogP contribution in [0.5, 0.6) is 5.75 Å². The molecule has 1 aliphatic heterocycles. The Kier molecular flexibility index (Phi) is 3.14. The average Bonchev–Trinajstić information content (AvgIpc) is 2.43. The van der Waals surface area contributed by atoms with Gasteiger partial charge in [0.2, 0.25) is 0 Å². The summed E-state index contributed by atoms with van der Waals surface area (Å²) in [6.45, 7) is 4.01. The van der Waals surface area contributed by atoms with Gasteiger partial charge >= 0.3 is 0 Å². The van der Waals surface area contributed by atoms with E-state index >= 15 is 0 Å². The van der Waals surface area contributed by atoms with Gasteiger partial charge in [0.05, 0.1) is 10.7 Å². The van der Waals surface area contributed by atoms with Crippen molar-refractivity contribution in [1.29, 1.82) is 0 Å². The van der Waals surface area contributed by atoms with E-state index in [-0.39, 0.29) is 12.5 Å². The Morgan fingerprint density at radius 2 is 1.95 bits per heavy atom. The minimum atomic E-state index is -0.127. The molecule has 0 fully saturated rings. The number of amides is 1. The molecule has 2 aromatic rings. The summed E-state index contributed by atoms with van der Waals surface area (Å²) < 4.78 is 5.54. The third-order valence-corrected chi connectivity index (χ3v) is 4.01. The molecule has 0 saturated heterocycles. The van der Waals surface area contributed by atoms with E-state index in [9.17, 15) is 4.79 Å². The van der Waals surface area contributed by atoms with Crippen molar-refractivity contribution in [3.8, 4) is 16.9 Å². The Labute approximate surface area is 122 Å². The third-order valence-electron chi connectivity index (χ3n) is 3.51. The Morgan fingerprint density at radius 1 is 1.15 bits per heavy atom. The first-order chi connectivity index (χ1) is 9.58. The zero-order valence-electron chi connectivity index (χ0n) is 11.3. The van der Waals surface area contributed by atoms with E-state index in [1.165, 1.54) is 0 Å². The lowest BCUT2D eigenvalue weighted by Crippen LogP contribution is -2.25. The molecule has 2 aromatic carbocycles. The van der Waals surface area contributed by atoms with E-state index in [2.05, 4.69) is 5.32 Å². The molecule has 0 atom stereocenters. The highest BCUT2D eigenvalue weighted by molar-refractivity contribution is 6.34. The fourth-order valence-corrected chi connectivity index (χ4v) is 2.68. The van der Waals surface area contributed by atoms with E-state index in [1.54, 1.807) is 0 Å². The number of hydrogen-bond donors (Lipinski definition) is 1. The van der Waals surface area contributed by atoms with Crippen molar-refractivity contribution in [1.82, 2.24) is 0 Å². The lowest BCUT2D eigenvalue weighted by molar-refractivity contribution is -0.118. The van der Waals surface area contributed by atoms with Crippen molar-refractivity contribution >= 4 is 23.2 Å². The molecule has 3 nitrogen and oxygen atoms in total. The van der Waals surface area contributed by atoms with Crippen molar-refractivity contribution < 1.29 is 9.53 Å². The number of halogens is 1. The molecule has 0 aromatic heterocycles. The van der Waals surface area contributed by atoms with Crippen LogP contribution in [-0.4, -0.2) is 12.5 Å². The number of carbonyl (C=O) groups excluding carboxylic acids is 1. The summed E-state index contributed by atoms with van der Waals surface area (Å²) in [4.78, 5) is 11.3. The molecule has 1 aliphatic rings. The number of ether oxygens (including phenoxy) is 1. The Hall–Kier alpha value is -2.00. The maximum absolute atomic E-state index is 11.3.